The molecule has 43 heavy (non-hydrogen) atoms. The average molecular weight is 650 g/mol. The average Bonchev–Trinajstić information content (AvgIpc) is 3.50. The molecule has 0 heterocycles. The summed E-state index contributed by atoms with van der Waals surface area (Å²) < 4.78 is 1.55. The number of rotatable bonds is 2. The van der Waals surface area contributed by atoms with Crippen molar-refractivity contribution in [1.29, 1.82) is 0 Å². The van der Waals surface area contributed by atoms with E-state index >= 15 is 0 Å². The largest absolute Gasteiger partial charge is 0.176 e. The van der Waals surface area contributed by atoms with E-state index in [4.69, 9.17) is 0 Å². The first-order valence-corrected chi connectivity index (χ1v) is 17.2. The Morgan fingerprint density at radius 2 is 1.40 bits per heavy atom. The fraction of sp³-hybridized carbons (Fsp3) is 0.452. The Morgan fingerprint density at radius 1 is 0.814 bits per heavy atom. The van der Waals surface area contributed by atoms with Crippen LogP contribution in [0, 0.1) is 37.3 Å². The van der Waals surface area contributed by atoms with Crippen molar-refractivity contribution in [1.82, 2.24) is 0 Å². The third-order valence-corrected chi connectivity index (χ3v) is 9.93. The SMILES string of the molecule is CC1[C-]=CC(C(C)(C)C)=C1.CC[C](=[Zr+2])c1ccccc1.Cc1[c-]c2c(cc1C(C)(C)C)-c1cc(C(C)(C)C)c(C)cc1C2. The van der Waals surface area contributed by atoms with Crippen molar-refractivity contribution in [2.75, 3.05) is 0 Å². The Hall–Kier alpha value is -2.11. The molecule has 0 nitrogen and oxygen atoms in total. The van der Waals surface area contributed by atoms with Crippen LogP contribution in [0.15, 0.2) is 66.3 Å². The molecule has 0 N–H and O–H groups in total. The first-order chi connectivity index (χ1) is 19.8. The van der Waals surface area contributed by atoms with Gasteiger partial charge in [-0.25, -0.2) is 6.08 Å². The summed E-state index contributed by atoms with van der Waals surface area (Å²) in [5.41, 5.74) is 14.7. The Labute approximate surface area is 279 Å². The summed E-state index contributed by atoms with van der Waals surface area (Å²) in [6, 6.07) is 21.5. The van der Waals surface area contributed by atoms with Crippen LogP contribution in [-0.2, 0) is 41.5 Å². The molecule has 2 aliphatic rings. The topological polar surface area (TPSA) is 0 Å². The van der Waals surface area contributed by atoms with Gasteiger partial charge < -0.3 is 0 Å². The predicted octanol–water partition coefficient (Wildman–Crippen LogP) is 11.4. The zero-order valence-corrected chi connectivity index (χ0v) is 31.7. The number of benzene rings is 3. The third-order valence-electron chi connectivity index (χ3n) is 8.35. The second-order valence-corrected chi connectivity index (χ2v) is 16.9. The molecule has 5 rings (SSSR count). The fourth-order valence-electron chi connectivity index (χ4n) is 5.92. The summed E-state index contributed by atoms with van der Waals surface area (Å²) in [6.07, 6.45) is 9.86. The van der Waals surface area contributed by atoms with Crippen molar-refractivity contribution in [3.05, 3.63) is 117 Å². The molecular formula is C42H54Zr. The van der Waals surface area contributed by atoms with Gasteiger partial charge in [-0.05, 0) is 35.4 Å². The van der Waals surface area contributed by atoms with Crippen molar-refractivity contribution in [3.8, 4) is 11.1 Å². The van der Waals surface area contributed by atoms with E-state index in [2.05, 4.69) is 163 Å². The van der Waals surface area contributed by atoms with E-state index in [0.717, 1.165) is 6.42 Å². The van der Waals surface area contributed by atoms with E-state index in [0.29, 0.717) is 11.3 Å². The van der Waals surface area contributed by atoms with Crippen LogP contribution in [-0.4, -0.2) is 3.21 Å². The van der Waals surface area contributed by atoms with Crippen LogP contribution in [0.3, 0.4) is 0 Å². The van der Waals surface area contributed by atoms with Gasteiger partial charge >= 0.3 is 76.7 Å². The van der Waals surface area contributed by atoms with E-state index in [1.807, 2.05) is 0 Å². The van der Waals surface area contributed by atoms with Crippen LogP contribution in [0.5, 0.6) is 0 Å². The second kappa shape index (κ2) is 13.9. The Kier molecular flexibility index (Phi) is 11.4. The quantitative estimate of drug-likeness (QED) is 0.190. The summed E-state index contributed by atoms with van der Waals surface area (Å²) >= 11 is 1.54. The number of hydrogen-bond donors (Lipinski definition) is 0. The molecule has 1 unspecified atom stereocenters. The first-order valence-electron chi connectivity index (χ1n) is 16.0. The summed E-state index contributed by atoms with van der Waals surface area (Å²) in [4.78, 5) is 0. The maximum Gasteiger partial charge on any atom is -0.0129 e. The minimum Gasteiger partial charge on any atom is -0.176 e. The molecule has 0 bridgehead atoms. The van der Waals surface area contributed by atoms with Crippen molar-refractivity contribution in [2.24, 2.45) is 11.3 Å². The molecule has 2 aliphatic carbocycles. The van der Waals surface area contributed by atoms with Crippen LogP contribution in [0.2, 0.25) is 0 Å². The Balaban J connectivity index is 0.000000209. The maximum atomic E-state index is 3.69. The molecule has 0 amide bonds. The van der Waals surface area contributed by atoms with E-state index in [1.165, 1.54) is 86.3 Å². The first kappa shape index (κ1) is 35.4. The van der Waals surface area contributed by atoms with Crippen LogP contribution >= 0.6 is 0 Å². The zero-order chi connectivity index (χ0) is 32.3. The van der Waals surface area contributed by atoms with Crippen molar-refractivity contribution in [3.63, 3.8) is 0 Å². The molecule has 0 saturated heterocycles. The van der Waals surface area contributed by atoms with Crippen LogP contribution in [0.4, 0.5) is 0 Å². The molecular weight excluding hydrogens is 596 g/mol. The molecule has 3 aromatic carbocycles. The van der Waals surface area contributed by atoms with Crippen molar-refractivity contribution >= 4 is 3.21 Å². The van der Waals surface area contributed by atoms with Gasteiger partial charge in [0.25, 0.3) is 0 Å². The molecule has 0 saturated carbocycles. The summed E-state index contributed by atoms with van der Waals surface area (Å²) in [5, 5.41) is 0. The summed E-state index contributed by atoms with van der Waals surface area (Å²) in [5.74, 6) is 0.522. The van der Waals surface area contributed by atoms with Crippen LogP contribution in [0.1, 0.15) is 122 Å². The molecule has 0 fully saturated rings. The van der Waals surface area contributed by atoms with Gasteiger partial charge in [-0.1, -0.05) is 111 Å². The second-order valence-electron chi connectivity index (χ2n) is 15.4. The van der Waals surface area contributed by atoms with E-state index in [-0.39, 0.29) is 10.8 Å². The zero-order valence-electron chi connectivity index (χ0n) is 29.3. The standard InChI is InChI=1S/C23H29.C10H15.C9H10.Zr/c1-14-9-16-11-17-10-15(2)21(23(6,7)8)13-19(17)18(16)12-20(14)22(3,4)5;1-8-5-6-9(7-8)10(2,3)4;1-2-6-9-7-4-3-5-8-9;/h9,12-13H,11H2,1-8H3;6-8H,1-4H3;3-5,7-8H,2H2,1H3;/q2*-1;;+2. The number of fused-ring (bicyclic) bond motifs is 3. The third kappa shape index (κ3) is 9.20. The van der Waals surface area contributed by atoms with Gasteiger partial charge in [-0.2, -0.15) is 29.3 Å². The minimum atomic E-state index is 0.163. The number of hydrogen-bond acceptors (Lipinski definition) is 0. The normalized spacial score (nSPS) is 15.5. The fourth-order valence-corrected chi connectivity index (χ4v) is 6.33. The molecule has 1 atom stereocenters. The number of aryl methyl sites for hydroxylation is 2. The Morgan fingerprint density at radius 3 is 1.86 bits per heavy atom. The molecule has 0 aliphatic heterocycles. The molecule has 3 aromatic rings. The number of allylic oxidation sites excluding steroid dienone is 4. The van der Waals surface area contributed by atoms with Crippen molar-refractivity contribution < 1.29 is 24.2 Å². The predicted molar refractivity (Wildman–Crippen MR) is 186 cm³/mol. The van der Waals surface area contributed by atoms with Crippen LogP contribution < -0.4 is 0 Å². The van der Waals surface area contributed by atoms with Gasteiger partial charge in [0.05, 0.1) is 0 Å². The molecule has 0 radical (unpaired) electrons. The molecule has 0 spiro atoms. The molecule has 1 heteroatoms. The minimum absolute atomic E-state index is 0.163. The van der Waals surface area contributed by atoms with Crippen molar-refractivity contribution in [2.45, 2.75) is 114 Å². The van der Waals surface area contributed by atoms with Gasteiger partial charge in [-0.3, -0.25) is 6.08 Å². The monoisotopic (exact) mass is 648 g/mol. The van der Waals surface area contributed by atoms with Gasteiger partial charge in [-0.15, -0.1) is 16.7 Å². The van der Waals surface area contributed by atoms with Gasteiger partial charge in [0, 0.05) is 0 Å². The van der Waals surface area contributed by atoms with E-state index < -0.39 is 0 Å². The van der Waals surface area contributed by atoms with E-state index in [9.17, 15) is 0 Å². The molecule has 0 aromatic heterocycles. The van der Waals surface area contributed by atoms with Gasteiger partial charge in [0.15, 0.2) is 0 Å². The maximum absolute atomic E-state index is 3.69. The van der Waals surface area contributed by atoms with E-state index in [1.54, 1.807) is 3.21 Å². The summed E-state index contributed by atoms with van der Waals surface area (Å²) in [6.45, 7) is 29.3. The smallest absolute Gasteiger partial charge is 0.0129 e. The van der Waals surface area contributed by atoms with Gasteiger partial charge in [0.1, 0.15) is 0 Å². The van der Waals surface area contributed by atoms with Gasteiger partial charge in [0.2, 0.25) is 0 Å². The Bertz CT molecular complexity index is 1420. The summed E-state index contributed by atoms with van der Waals surface area (Å²) in [7, 11) is 0. The molecule has 226 valence electrons. The van der Waals surface area contributed by atoms with Crippen LogP contribution in [0.25, 0.3) is 11.1 Å².